The summed E-state index contributed by atoms with van der Waals surface area (Å²) in [5, 5.41) is 2.70. The molecule has 3 aromatic rings. The number of nitrogens with one attached hydrogen (secondary N) is 1. The van der Waals surface area contributed by atoms with Gasteiger partial charge in [-0.2, -0.15) is 0 Å². The first-order chi connectivity index (χ1) is 19.8. The van der Waals surface area contributed by atoms with E-state index in [2.05, 4.69) is 5.32 Å². The van der Waals surface area contributed by atoms with Crippen LogP contribution in [0.4, 0.5) is 5.69 Å². The Hall–Kier alpha value is -4.29. The maximum Gasteiger partial charge on any atom is 0.287 e. The van der Waals surface area contributed by atoms with E-state index in [1.165, 1.54) is 36.4 Å². The highest BCUT2D eigenvalue weighted by Gasteiger charge is 2.72. The van der Waals surface area contributed by atoms with Crippen LogP contribution in [-0.2, 0) is 18.9 Å². The van der Waals surface area contributed by atoms with Gasteiger partial charge in [-0.3, -0.25) is 33.3 Å². The Balaban J connectivity index is 1.49. The summed E-state index contributed by atoms with van der Waals surface area (Å²) in [6.07, 6.45) is 0.723. The number of carbonyl (C=O) groups is 6. The molecule has 2 aliphatic rings. The second-order valence-electron chi connectivity index (χ2n) is 11.6. The highest BCUT2D eigenvalue weighted by molar-refractivity contribution is 8.07. The molecule has 0 aliphatic heterocycles. The molecule has 5 rings (SSSR count). The first-order valence-electron chi connectivity index (χ1n) is 13.6. The molecule has 8 nitrogen and oxygen atoms in total. The van der Waals surface area contributed by atoms with Crippen molar-refractivity contribution in [2.24, 2.45) is 16.7 Å². The van der Waals surface area contributed by atoms with E-state index in [-0.39, 0.29) is 28.8 Å². The van der Waals surface area contributed by atoms with Crippen molar-refractivity contribution in [1.82, 2.24) is 0 Å². The fourth-order valence-electron chi connectivity index (χ4n) is 6.44. The molecule has 214 valence electrons. The van der Waals surface area contributed by atoms with Gasteiger partial charge in [0, 0.05) is 28.3 Å². The lowest BCUT2D eigenvalue weighted by Gasteiger charge is -2.33. The van der Waals surface area contributed by atoms with Crippen molar-refractivity contribution in [3.05, 3.63) is 101 Å². The molecule has 2 atom stereocenters. The molecule has 0 spiro atoms. The molecule has 9 heteroatoms. The number of hydrogen-bond acceptors (Lipinski definition) is 7. The number of rotatable bonds is 8. The van der Waals surface area contributed by atoms with E-state index in [1.807, 2.05) is 0 Å². The molecule has 0 saturated heterocycles. The number of hydrogen-bond donors (Lipinski definition) is 1. The summed E-state index contributed by atoms with van der Waals surface area (Å²) in [4.78, 5) is 80.1. The van der Waals surface area contributed by atoms with Gasteiger partial charge >= 0.3 is 0 Å². The molecular weight excluding hydrogens is 553 g/mol. The van der Waals surface area contributed by atoms with Crippen molar-refractivity contribution in [1.29, 1.82) is 0 Å². The van der Waals surface area contributed by atoms with Crippen LogP contribution in [-0.4, -0.2) is 34.0 Å². The highest BCUT2D eigenvalue weighted by Crippen LogP contribution is 2.62. The third-order valence-corrected chi connectivity index (χ3v) is 11.5. The zero-order valence-corrected chi connectivity index (χ0v) is 24.6. The van der Waals surface area contributed by atoms with Crippen molar-refractivity contribution >= 4 is 46.9 Å². The second-order valence-corrected chi connectivity index (χ2v) is 14.0. The molecule has 2 bridgehead atoms. The van der Waals surface area contributed by atoms with Crippen LogP contribution in [0.2, 0.25) is 0 Å². The predicted octanol–water partition coefficient (Wildman–Crippen LogP) is 6.00. The Bertz CT molecular complexity index is 1690. The topological polar surface area (TPSA) is 132 Å². The van der Waals surface area contributed by atoms with Gasteiger partial charge in [0.1, 0.15) is 5.41 Å². The van der Waals surface area contributed by atoms with Gasteiger partial charge in [-0.1, -0.05) is 62.4 Å². The van der Waals surface area contributed by atoms with Crippen LogP contribution >= 0.6 is 7.14 Å². The number of amides is 1. The van der Waals surface area contributed by atoms with Gasteiger partial charge in [0.25, 0.3) is 7.14 Å². The van der Waals surface area contributed by atoms with Crippen molar-refractivity contribution < 1.29 is 33.3 Å². The van der Waals surface area contributed by atoms with Gasteiger partial charge in [0.05, 0.1) is 0 Å². The van der Waals surface area contributed by atoms with E-state index in [0.717, 1.165) is 0 Å². The van der Waals surface area contributed by atoms with Crippen molar-refractivity contribution in [3.63, 3.8) is 0 Å². The van der Waals surface area contributed by atoms with Crippen LogP contribution in [0.25, 0.3) is 0 Å². The second kappa shape index (κ2) is 10.2. The average molecular weight is 584 g/mol. The largest absolute Gasteiger partial charge is 0.325 e. The minimum Gasteiger partial charge on any atom is -0.325 e. The molecule has 2 aliphatic carbocycles. The molecule has 3 aromatic carbocycles. The lowest BCUT2D eigenvalue weighted by molar-refractivity contribution is -0.147. The molecule has 0 heterocycles. The van der Waals surface area contributed by atoms with Crippen LogP contribution in [0.3, 0.4) is 0 Å². The number of anilines is 1. The first-order valence-corrected chi connectivity index (χ1v) is 15.4. The molecule has 1 amide bonds. The fraction of sp³-hybridized carbons (Fsp3) is 0.273. The molecule has 2 fully saturated rings. The molecular formula is C33H30NO7P. The zero-order chi connectivity index (χ0) is 30.6. The molecule has 0 radical (unpaired) electrons. The van der Waals surface area contributed by atoms with Gasteiger partial charge in [0.2, 0.25) is 34.0 Å². The minimum atomic E-state index is -4.90. The van der Waals surface area contributed by atoms with Gasteiger partial charge in [-0.15, -0.1) is 0 Å². The molecule has 2 unspecified atom stereocenters. The highest BCUT2D eigenvalue weighted by atomic mass is 31.2. The van der Waals surface area contributed by atoms with Crippen LogP contribution in [0.1, 0.15) is 68.9 Å². The van der Waals surface area contributed by atoms with Gasteiger partial charge in [-0.05, 0) is 67.5 Å². The number of ketones is 2. The van der Waals surface area contributed by atoms with E-state index in [1.54, 1.807) is 64.1 Å². The SMILES string of the molecule is Cc1ccccc1C(=O)P(=O)(C(=O)c1ccc(NC(=O)C23CCC(C(=O)C2=O)C3(C)C)cc1)C(=O)c1ccccc1C. The summed E-state index contributed by atoms with van der Waals surface area (Å²) in [6.45, 7) is 6.77. The molecule has 1 N–H and O–H groups in total. The monoisotopic (exact) mass is 583 g/mol. The van der Waals surface area contributed by atoms with E-state index in [0.29, 0.717) is 17.5 Å². The van der Waals surface area contributed by atoms with E-state index >= 15 is 0 Å². The Morgan fingerprint density at radius 3 is 1.71 bits per heavy atom. The van der Waals surface area contributed by atoms with Gasteiger partial charge < -0.3 is 5.32 Å². The summed E-state index contributed by atoms with van der Waals surface area (Å²) >= 11 is 0. The normalized spacial score (nSPS) is 20.8. The maximum absolute atomic E-state index is 14.5. The Morgan fingerprint density at radius 1 is 0.762 bits per heavy atom. The van der Waals surface area contributed by atoms with Gasteiger partial charge in [0.15, 0.2) is 0 Å². The fourth-order valence-corrected chi connectivity index (χ4v) is 8.69. The third kappa shape index (κ3) is 4.08. The van der Waals surface area contributed by atoms with Crippen molar-refractivity contribution in [2.75, 3.05) is 5.32 Å². The lowest BCUT2D eigenvalue weighted by Crippen LogP contribution is -2.47. The summed E-state index contributed by atoms with van der Waals surface area (Å²) in [6, 6.07) is 18.0. The van der Waals surface area contributed by atoms with E-state index in [9.17, 15) is 33.3 Å². The van der Waals surface area contributed by atoms with Crippen molar-refractivity contribution in [2.45, 2.75) is 40.5 Å². The Kier molecular flexibility index (Phi) is 7.10. The predicted molar refractivity (Wildman–Crippen MR) is 157 cm³/mol. The number of carbonyl (C=O) groups excluding carboxylic acids is 6. The van der Waals surface area contributed by atoms with Crippen LogP contribution < -0.4 is 5.32 Å². The third-order valence-electron chi connectivity index (χ3n) is 9.09. The van der Waals surface area contributed by atoms with Gasteiger partial charge in [-0.25, -0.2) is 0 Å². The number of Topliss-reactive ketones (excluding diaryl/α,β-unsaturated/α-hetero) is 2. The minimum absolute atomic E-state index is 0.0208. The molecule has 42 heavy (non-hydrogen) atoms. The molecule has 0 aromatic heterocycles. The zero-order valence-electron chi connectivity index (χ0n) is 23.7. The number of fused-ring (bicyclic) bond motifs is 2. The summed E-state index contributed by atoms with van der Waals surface area (Å²) in [5.41, 5.74) is -4.43. The van der Waals surface area contributed by atoms with Crippen LogP contribution in [0.5, 0.6) is 0 Å². The van der Waals surface area contributed by atoms with Crippen LogP contribution in [0.15, 0.2) is 72.8 Å². The van der Waals surface area contributed by atoms with Crippen molar-refractivity contribution in [3.8, 4) is 0 Å². The number of aryl methyl sites for hydroxylation is 2. The van der Waals surface area contributed by atoms with E-state index in [4.69, 9.17) is 0 Å². The van der Waals surface area contributed by atoms with Crippen LogP contribution in [0, 0.1) is 30.6 Å². The lowest BCUT2D eigenvalue weighted by atomic mass is 9.68. The summed E-state index contributed by atoms with van der Waals surface area (Å²) < 4.78 is 14.5. The Labute approximate surface area is 243 Å². The van der Waals surface area contributed by atoms with E-state index < -0.39 is 57.9 Å². The summed E-state index contributed by atoms with van der Waals surface area (Å²) in [7, 11) is -4.90. The quantitative estimate of drug-likeness (QED) is 0.195. The first kappa shape index (κ1) is 29.2. The average Bonchev–Trinajstić information content (AvgIpc) is 3.33. The standard InChI is InChI=1S/C33H30NO7P/c1-19-9-5-7-11-23(19)29(38)42(41,30(39)24-12-8-6-10-20(24)2)28(37)21-13-15-22(16-14-21)34-31(40)33-18-17-25(32(33,3)4)26(35)27(33)36/h5-16,25H,17-18H2,1-4H3,(H,34,40). The maximum atomic E-state index is 14.5. The molecule has 2 saturated carbocycles. The summed E-state index contributed by atoms with van der Waals surface area (Å²) in [5.74, 6) is -2.30. The smallest absolute Gasteiger partial charge is 0.287 e. The Morgan fingerprint density at radius 2 is 1.26 bits per heavy atom. The number of benzene rings is 3.